The van der Waals surface area contributed by atoms with E-state index in [0.29, 0.717) is 23.4 Å². The van der Waals surface area contributed by atoms with E-state index in [9.17, 15) is 28.0 Å². The van der Waals surface area contributed by atoms with Gasteiger partial charge in [-0.25, -0.2) is 0 Å². The van der Waals surface area contributed by atoms with Gasteiger partial charge in [0.25, 0.3) is 11.8 Å². The largest absolute Gasteiger partial charge is 0.495 e. The zero-order valence-corrected chi connectivity index (χ0v) is 20.7. The molecule has 2 heterocycles. The van der Waals surface area contributed by atoms with Crippen molar-refractivity contribution in [1.82, 2.24) is 15.1 Å². The van der Waals surface area contributed by atoms with Crippen molar-refractivity contribution in [2.24, 2.45) is 5.73 Å². The van der Waals surface area contributed by atoms with Crippen molar-refractivity contribution in [3.63, 3.8) is 0 Å². The molecule has 0 spiro atoms. The number of rotatable bonds is 8. The molecule has 1 aromatic heterocycles. The number of fused-ring (bicyclic) bond motifs is 1. The van der Waals surface area contributed by atoms with Gasteiger partial charge in [-0.05, 0) is 55.8 Å². The molecule has 4 rings (SSSR count). The zero-order chi connectivity index (χ0) is 27.6. The Morgan fingerprint density at radius 3 is 2.58 bits per heavy atom. The molecule has 0 saturated heterocycles. The minimum absolute atomic E-state index is 0.0420. The van der Waals surface area contributed by atoms with Crippen LogP contribution in [-0.2, 0) is 13.0 Å². The lowest BCUT2D eigenvalue weighted by atomic mass is 10.0. The maximum atomic E-state index is 13.7. The van der Waals surface area contributed by atoms with Gasteiger partial charge < -0.3 is 20.7 Å². The average Bonchev–Trinajstić information content (AvgIpc) is 3.26. The number of hydrogen-bond donors (Lipinski definition) is 2. The van der Waals surface area contributed by atoms with Crippen LogP contribution in [0.3, 0.4) is 0 Å². The molecule has 0 bridgehead atoms. The number of carbonyl (C=O) groups is 2. The molecule has 12 heteroatoms. The highest BCUT2D eigenvalue weighted by atomic mass is 19.4. The summed E-state index contributed by atoms with van der Waals surface area (Å²) >= 11 is 0. The highest BCUT2D eigenvalue weighted by Gasteiger charge is 2.38. The van der Waals surface area contributed by atoms with Crippen LogP contribution in [0.5, 0.6) is 5.75 Å². The molecular formula is C26H25F3N6O3. The third-order valence-corrected chi connectivity index (χ3v) is 6.22. The van der Waals surface area contributed by atoms with E-state index in [1.807, 2.05) is 13.0 Å². The molecule has 3 aromatic rings. The summed E-state index contributed by atoms with van der Waals surface area (Å²) in [5.41, 5.74) is 7.93. The van der Waals surface area contributed by atoms with Crippen molar-refractivity contribution in [2.75, 3.05) is 25.1 Å². The lowest BCUT2D eigenvalue weighted by Crippen LogP contribution is -2.47. The van der Waals surface area contributed by atoms with Gasteiger partial charge in [-0.15, -0.1) is 0 Å². The number of primary amides is 1. The summed E-state index contributed by atoms with van der Waals surface area (Å²) in [6, 6.07) is 13.4. The molecule has 2 aromatic carbocycles. The highest BCUT2D eigenvalue weighted by molar-refractivity contribution is 6.15. The van der Waals surface area contributed by atoms with Crippen LogP contribution in [0, 0.1) is 11.3 Å². The number of anilines is 1. The van der Waals surface area contributed by atoms with Crippen molar-refractivity contribution in [3.05, 3.63) is 64.8 Å². The Morgan fingerprint density at radius 1 is 1.26 bits per heavy atom. The van der Waals surface area contributed by atoms with Crippen LogP contribution in [-0.4, -0.2) is 54.0 Å². The summed E-state index contributed by atoms with van der Waals surface area (Å²) < 4.78 is 43.6. The van der Waals surface area contributed by atoms with E-state index in [-0.39, 0.29) is 41.6 Å². The van der Waals surface area contributed by atoms with E-state index in [2.05, 4.69) is 10.4 Å². The second kappa shape index (κ2) is 10.5. The number of nitrogens with two attached hydrogens (primary N) is 1. The number of benzene rings is 2. The van der Waals surface area contributed by atoms with Crippen molar-refractivity contribution in [3.8, 4) is 23.1 Å². The first kappa shape index (κ1) is 26.7. The Balaban J connectivity index is 1.63. The standard InChI is InChI=1S/C26H25F3N6O3/c1-15-13-34-23(21(24(31)36)22(33-34)17-5-8-20(38-2)18(11-17)12-30)25(37)35(15)19-6-3-16(4-7-19)9-10-32-14-26(27,28)29/h3-8,11,15,32H,9-10,13-14H2,1-2H3,(H2,31,36). The second-order valence-corrected chi connectivity index (χ2v) is 8.88. The third-order valence-electron chi connectivity index (χ3n) is 6.22. The second-order valence-electron chi connectivity index (χ2n) is 8.88. The Hall–Kier alpha value is -4.37. The summed E-state index contributed by atoms with van der Waals surface area (Å²) in [5.74, 6) is -0.943. The number of alkyl halides is 3. The maximum absolute atomic E-state index is 13.7. The van der Waals surface area contributed by atoms with Gasteiger partial charge in [0, 0.05) is 11.3 Å². The molecule has 0 aliphatic carbocycles. The molecule has 3 N–H and O–H groups in total. The van der Waals surface area contributed by atoms with Crippen LogP contribution in [0.15, 0.2) is 42.5 Å². The number of nitrogens with one attached hydrogen (secondary N) is 1. The number of methoxy groups -OCH3 is 1. The van der Waals surface area contributed by atoms with E-state index in [1.54, 1.807) is 36.4 Å². The molecule has 0 saturated carbocycles. The highest BCUT2D eigenvalue weighted by Crippen LogP contribution is 2.34. The Labute approximate surface area is 216 Å². The summed E-state index contributed by atoms with van der Waals surface area (Å²) in [6.45, 7) is 1.21. The van der Waals surface area contributed by atoms with Gasteiger partial charge in [0.15, 0.2) is 0 Å². The Morgan fingerprint density at radius 2 is 1.97 bits per heavy atom. The number of amides is 2. The van der Waals surface area contributed by atoms with Crippen LogP contribution < -0.4 is 20.7 Å². The maximum Gasteiger partial charge on any atom is 0.401 e. The van der Waals surface area contributed by atoms with Crippen LogP contribution in [0.1, 0.15) is 38.9 Å². The number of hydrogen-bond acceptors (Lipinski definition) is 6. The quantitative estimate of drug-likeness (QED) is 0.434. The van der Waals surface area contributed by atoms with Gasteiger partial charge in [-0.1, -0.05) is 12.1 Å². The van der Waals surface area contributed by atoms with Gasteiger partial charge in [0.2, 0.25) is 0 Å². The van der Waals surface area contributed by atoms with Crippen molar-refractivity contribution < 1.29 is 27.5 Å². The van der Waals surface area contributed by atoms with Crippen LogP contribution in [0.2, 0.25) is 0 Å². The van der Waals surface area contributed by atoms with Gasteiger partial charge in [0.05, 0.1) is 37.4 Å². The minimum atomic E-state index is -4.27. The minimum Gasteiger partial charge on any atom is -0.495 e. The van der Waals surface area contributed by atoms with Crippen LogP contribution >= 0.6 is 0 Å². The Kier molecular flexibility index (Phi) is 7.41. The number of ether oxygens (including phenoxy) is 1. The number of carbonyl (C=O) groups excluding carboxylic acids is 2. The van der Waals surface area contributed by atoms with Gasteiger partial charge in [-0.2, -0.15) is 23.5 Å². The van der Waals surface area contributed by atoms with Gasteiger partial charge in [0.1, 0.15) is 23.2 Å². The topological polar surface area (TPSA) is 126 Å². The molecule has 1 unspecified atom stereocenters. The molecule has 1 aliphatic rings. The van der Waals surface area contributed by atoms with Gasteiger partial charge >= 0.3 is 6.18 Å². The predicted molar refractivity (Wildman–Crippen MR) is 133 cm³/mol. The van der Waals surface area contributed by atoms with Crippen molar-refractivity contribution in [2.45, 2.75) is 32.1 Å². The van der Waals surface area contributed by atoms with Crippen LogP contribution in [0.4, 0.5) is 18.9 Å². The first-order valence-corrected chi connectivity index (χ1v) is 11.7. The van der Waals surface area contributed by atoms with E-state index in [1.165, 1.54) is 22.8 Å². The molecule has 198 valence electrons. The fourth-order valence-electron chi connectivity index (χ4n) is 4.49. The third kappa shape index (κ3) is 5.33. The molecular weight excluding hydrogens is 501 g/mol. The number of nitrogens with zero attached hydrogens (tertiary/aromatic N) is 4. The smallest absolute Gasteiger partial charge is 0.401 e. The van der Waals surface area contributed by atoms with Gasteiger partial charge in [-0.3, -0.25) is 14.3 Å². The summed E-state index contributed by atoms with van der Waals surface area (Å²) in [5, 5.41) is 16.3. The van der Waals surface area contributed by atoms with Crippen molar-refractivity contribution >= 4 is 17.5 Å². The SMILES string of the molecule is COc1ccc(-c2nn3c(c2C(N)=O)C(=O)N(c2ccc(CCNCC(F)(F)F)cc2)C(C)C3)cc1C#N. The molecule has 0 radical (unpaired) electrons. The molecule has 2 amide bonds. The normalized spacial score (nSPS) is 15.2. The lowest BCUT2D eigenvalue weighted by molar-refractivity contribution is -0.124. The van der Waals surface area contributed by atoms with Crippen LogP contribution in [0.25, 0.3) is 11.3 Å². The first-order valence-electron chi connectivity index (χ1n) is 11.7. The fourth-order valence-corrected chi connectivity index (χ4v) is 4.49. The Bertz CT molecular complexity index is 1410. The average molecular weight is 527 g/mol. The molecule has 1 atom stereocenters. The number of aromatic nitrogens is 2. The zero-order valence-electron chi connectivity index (χ0n) is 20.7. The molecule has 38 heavy (non-hydrogen) atoms. The summed E-state index contributed by atoms with van der Waals surface area (Å²) in [7, 11) is 1.44. The van der Waals surface area contributed by atoms with E-state index in [0.717, 1.165) is 5.56 Å². The molecule has 9 nitrogen and oxygen atoms in total. The first-order chi connectivity index (χ1) is 18.0. The molecule has 1 aliphatic heterocycles. The predicted octanol–water partition coefficient (Wildman–Crippen LogP) is 3.27. The van der Waals surface area contributed by atoms with E-state index in [4.69, 9.17) is 10.5 Å². The lowest BCUT2D eigenvalue weighted by Gasteiger charge is -2.34. The monoisotopic (exact) mass is 526 g/mol. The van der Waals surface area contributed by atoms with E-state index >= 15 is 0 Å². The summed E-state index contributed by atoms with van der Waals surface area (Å²) in [6.07, 6.45) is -3.88. The fraction of sp³-hybridized carbons (Fsp3) is 0.308. The van der Waals surface area contributed by atoms with E-state index < -0.39 is 24.5 Å². The summed E-state index contributed by atoms with van der Waals surface area (Å²) in [4.78, 5) is 27.8. The number of halogens is 3. The molecule has 0 fully saturated rings. The van der Waals surface area contributed by atoms with Crippen molar-refractivity contribution in [1.29, 1.82) is 5.26 Å². The number of nitriles is 1.